The van der Waals surface area contributed by atoms with E-state index in [1.165, 1.54) is 18.5 Å². The molecule has 0 atom stereocenters. The minimum Gasteiger partial charge on any atom is -0.245 e. The molecule has 152 valence electrons. The molecule has 0 aliphatic rings. The van der Waals surface area contributed by atoms with E-state index >= 15 is 0 Å². The van der Waals surface area contributed by atoms with Gasteiger partial charge in [-0.2, -0.15) is 13.2 Å². The number of alkyl halides is 3. The van der Waals surface area contributed by atoms with Crippen LogP contribution in [0.5, 0.6) is 0 Å². The van der Waals surface area contributed by atoms with Crippen molar-refractivity contribution in [2.24, 2.45) is 0 Å². The predicted octanol–water partition coefficient (Wildman–Crippen LogP) is 4.95. The lowest BCUT2D eigenvalue weighted by molar-refractivity contribution is -0.137. The summed E-state index contributed by atoms with van der Waals surface area (Å²) in [7, 11) is 0. The topological polar surface area (TPSA) is 56.5 Å². The first-order valence-corrected chi connectivity index (χ1v) is 9.27. The Morgan fingerprint density at radius 3 is 2.13 bits per heavy atom. The average Bonchev–Trinajstić information content (AvgIpc) is 3.11. The van der Waals surface area contributed by atoms with Gasteiger partial charge in [-0.05, 0) is 42.7 Å². The Morgan fingerprint density at radius 1 is 0.900 bits per heavy atom. The van der Waals surface area contributed by atoms with Crippen LogP contribution in [-0.4, -0.2) is 24.7 Å². The highest BCUT2D eigenvalue weighted by atomic mass is 19.4. The highest BCUT2D eigenvalue weighted by Gasteiger charge is 2.30. The molecule has 0 unspecified atom stereocenters. The molecule has 0 radical (unpaired) electrons. The Morgan fingerprint density at radius 2 is 1.53 bits per heavy atom. The minimum atomic E-state index is -4.39. The Labute approximate surface area is 171 Å². The smallest absolute Gasteiger partial charge is 0.245 e. The summed E-state index contributed by atoms with van der Waals surface area (Å²) in [4.78, 5) is 12.7. The summed E-state index contributed by atoms with van der Waals surface area (Å²) in [6.45, 7) is 3.97. The summed E-state index contributed by atoms with van der Waals surface area (Å²) in [6.07, 6.45) is 0.903. The van der Waals surface area contributed by atoms with Crippen molar-refractivity contribution in [2.75, 3.05) is 0 Å². The number of aromatic nitrogens is 5. The van der Waals surface area contributed by atoms with E-state index in [1.54, 1.807) is 17.1 Å². The number of halogens is 3. The highest BCUT2D eigenvalue weighted by molar-refractivity contribution is 5.57. The van der Waals surface area contributed by atoms with Gasteiger partial charge < -0.3 is 0 Å². The molecule has 30 heavy (non-hydrogen) atoms. The SMILES string of the molecule is Cc1cccc(C)c1-n1nc(-c2ccc(C(F)(F)F)cc2)nc1Cc1cncnc1. The zero-order chi connectivity index (χ0) is 21.3. The van der Waals surface area contributed by atoms with Crippen molar-refractivity contribution in [2.45, 2.75) is 26.4 Å². The standard InChI is InChI=1S/C22H18F3N5/c1-14-4-3-5-15(2)20(14)30-19(10-16-11-26-13-27-12-16)28-21(29-30)17-6-8-18(9-7-17)22(23,24)25/h3-9,11-13H,10H2,1-2H3. The highest BCUT2D eigenvalue weighted by Crippen LogP contribution is 2.31. The average molecular weight is 409 g/mol. The first-order valence-electron chi connectivity index (χ1n) is 9.27. The van der Waals surface area contributed by atoms with Gasteiger partial charge in [-0.15, -0.1) is 5.10 Å². The molecule has 0 saturated heterocycles. The maximum atomic E-state index is 12.9. The fraction of sp³-hybridized carbons (Fsp3) is 0.182. The van der Waals surface area contributed by atoms with Crippen LogP contribution < -0.4 is 0 Å². The number of hydrogen-bond donors (Lipinski definition) is 0. The minimum absolute atomic E-state index is 0.359. The monoisotopic (exact) mass is 409 g/mol. The van der Waals surface area contributed by atoms with Crippen LogP contribution in [0.1, 0.15) is 28.1 Å². The second-order valence-corrected chi connectivity index (χ2v) is 7.00. The van der Waals surface area contributed by atoms with Crippen molar-refractivity contribution >= 4 is 0 Å². The van der Waals surface area contributed by atoms with Crippen LogP contribution in [0.4, 0.5) is 13.2 Å². The van der Waals surface area contributed by atoms with Crippen molar-refractivity contribution < 1.29 is 13.2 Å². The summed E-state index contributed by atoms with van der Waals surface area (Å²) in [5, 5.41) is 4.64. The van der Waals surface area contributed by atoms with Crippen molar-refractivity contribution in [3.8, 4) is 17.1 Å². The molecule has 0 bridgehead atoms. The molecule has 0 N–H and O–H groups in total. The Bertz CT molecular complexity index is 1150. The lowest BCUT2D eigenvalue weighted by Gasteiger charge is -2.12. The zero-order valence-electron chi connectivity index (χ0n) is 16.4. The Balaban J connectivity index is 1.82. The van der Waals surface area contributed by atoms with Gasteiger partial charge in [-0.1, -0.05) is 30.3 Å². The number of aryl methyl sites for hydroxylation is 2. The number of benzene rings is 2. The summed E-state index contributed by atoms with van der Waals surface area (Å²) >= 11 is 0. The first-order chi connectivity index (χ1) is 14.3. The van der Waals surface area contributed by atoms with Gasteiger partial charge in [0.05, 0.1) is 11.3 Å². The van der Waals surface area contributed by atoms with E-state index in [0.717, 1.165) is 34.5 Å². The third-order valence-electron chi connectivity index (χ3n) is 4.77. The van der Waals surface area contributed by atoms with Crippen molar-refractivity contribution in [1.29, 1.82) is 0 Å². The molecule has 4 rings (SSSR count). The lowest BCUT2D eigenvalue weighted by atomic mass is 10.1. The number of para-hydroxylation sites is 1. The third kappa shape index (κ3) is 3.94. The summed E-state index contributed by atoms with van der Waals surface area (Å²) in [5.41, 5.74) is 3.60. The van der Waals surface area contributed by atoms with Gasteiger partial charge in [-0.3, -0.25) is 0 Å². The molecule has 0 spiro atoms. The number of nitrogens with zero attached hydrogens (tertiary/aromatic N) is 5. The van der Waals surface area contributed by atoms with Gasteiger partial charge >= 0.3 is 6.18 Å². The number of rotatable bonds is 4. The molecular weight excluding hydrogens is 391 g/mol. The summed E-state index contributed by atoms with van der Waals surface area (Å²) in [5.74, 6) is 1.01. The molecular formula is C22H18F3N5. The predicted molar refractivity (Wildman–Crippen MR) is 106 cm³/mol. The molecule has 0 aliphatic carbocycles. The van der Waals surface area contributed by atoms with Crippen LogP contribution in [0.25, 0.3) is 17.1 Å². The first kappa shape index (κ1) is 19.8. The maximum absolute atomic E-state index is 12.9. The van der Waals surface area contributed by atoms with Gasteiger partial charge in [0.15, 0.2) is 5.82 Å². The molecule has 0 amide bonds. The molecule has 5 nitrogen and oxygen atoms in total. The fourth-order valence-corrected chi connectivity index (χ4v) is 3.31. The van der Waals surface area contributed by atoms with Crippen LogP contribution in [-0.2, 0) is 12.6 Å². The molecule has 2 heterocycles. The maximum Gasteiger partial charge on any atom is 0.416 e. The van der Waals surface area contributed by atoms with Crippen LogP contribution >= 0.6 is 0 Å². The third-order valence-corrected chi connectivity index (χ3v) is 4.77. The quantitative estimate of drug-likeness (QED) is 0.479. The summed E-state index contributed by atoms with van der Waals surface area (Å²) < 4.78 is 40.4. The van der Waals surface area contributed by atoms with Gasteiger partial charge in [-0.25, -0.2) is 19.6 Å². The number of hydrogen-bond acceptors (Lipinski definition) is 4. The lowest BCUT2D eigenvalue weighted by Crippen LogP contribution is -2.07. The van der Waals surface area contributed by atoms with Crippen LogP contribution in [0.15, 0.2) is 61.2 Å². The van der Waals surface area contributed by atoms with E-state index in [0.29, 0.717) is 23.6 Å². The van der Waals surface area contributed by atoms with Gasteiger partial charge in [0, 0.05) is 24.4 Å². The molecule has 4 aromatic rings. The van der Waals surface area contributed by atoms with E-state index in [1.807, 2.05) is 32.0 Å². The van der Waals surface area contributed by atoms with Crippen LogP contribution in [0.3, 0.4) is 0 Å². The van der Waals surface area contributed by atoms with Crippen molar-refractivity contribution in [3.63, 3.8) is 0 Å². The normalized spacial score (nSPS) is 11.6. The van der Waals surface area contributed by atoms with Gasteiger partial charge in [0.2, 0.25) is 0 Å². The van der Waals surface area contributed by atoms with Gasteiger partial charge in [0.1, 0.15) is 12.2 Å². The summed E-state index contributed by atoms with van der Waals surface area (Å²) in [6, 6.07) is 10.8. The van der Waals surface area contributed by atoms with E-state index in [2.05, 4.69) is 20.1 Å². The van der Waals surface area contributed by atoms with Crippen LogP contribution in [0.2, 0.25) is 0 Å². The van der Waals surface area contributed by atoms with E-state index < -0.39 is 11.7 Å². The zero-order valence-corrected chi connectivity index (χ0v) is 16.4. The molecule has 8 heteroatoms. The van der Waals surface area contributed by atoms with E-state index in [9.17, 15) is 13.2 Å². The second kappa shape index (κ2) is 7.70. The molecule has 0 aliphatic heterocycles. The second-order valence-electron chi connectivity index (χ2n) is 7.00. The fourth-order valence-electron chi connectivity index (χ4n) is 3.31. The molecule has 2 aromatic heterocycles. The largest absolute Gasteiger partial charge is 0.416 e. The molecule has 2 aromatic carbocycles. The van der Waals surface area contributed by atoms with Crippen molar-refractivity contribution in [3.05, 3.63) is 89.3 Å². The Hall–Kier alpha value is -3.55. The Kier molecular flexibility index (Phi) is 5.07. The van der Waals surface area contributed by atoms with Crippen molar-refractivity contribution in [1.82, 2.24) is 24.7 Å². The van der Waals surface area contributed by atoms with E-state index in [-0.39, 0.29) is 0 Å². The van der Waals surface area contributed by atoms with Crippen LogP contribution in [0, 0.1) is 13.8 Å². The molecule has 0 fully saturated rings. The van der Waals surface area contributed by atoms with Gasteiger partial charge in [0.25, 0.3) is 0 Å². The molecule has 0 saturated carbocycles. The van der Waals surface area contributed by atoms with E-state index in [4.69, 9.17) is 0 Å².